The number of halogens is 2. The van der Waals surface area contributed by atoms with Crippen LogP contribution in [0.25, 0.3) is 0 Å². The van der Waals surface area contributed by atoms with Crippen molar-refractivity contribution < 1.29 is 0 Å². The Morgan fingerprint density at radius 2 is 1.71 bits per heavy atom. The number of alkyl halides is 1. The van der Waals surface area contributed by atoms with Gasteiger partial charge in [-0.2, -0.15) is 0 Å². The molecule has 2 heterocycles. The molecule has 0 saturated heterocycles. The lowest BCUT2D eigenvalue weighted by Crippen LogP contribution is -2.64. The summed E-state index contributed by atoms with van der Waals surface area (Å²) >= 11 is 13.8. The van der Waals surface area contributed by atoms with E-state index in [0.717, 1.165) is 65.6 Å². The molecule has 5 heteroatoms. The minimum absolute atomic E-state index is 0.204. The van der Waals surface area contributed by atoms with E-state index in [-0.39, 0.29) is 16.3 Å². The van der Waals surface area contributed by atoms with Crippen LogP contribution in [0.2, 0.25) is 0 Å². The minimum Gasteiger partial charge on any atom is -0.286 e. The van der Waals surface area contributed by atoms with Gasteiger partial charge in [0.1, 0.15) is 17.2 Å². The average molecular weight is 649 g/mol. The summed E-state index contributed by atoms with van der Waals surface area (Å²) in [6, 6.07) is 10.7. The Morgan fingerprint density at radius 3 is 2.49 bits per heavy atom. The molecule has 0 radical (unpaired) electrons. The highest BCUT2D eigenvalue weighted by Gasteiger charge is 2.69. The molecule has 1 aromatic carbocycles. The summed E-state index contributed by atoms with van der Waals surface area (Å²) < 4.78 is 0. The Labute approximate surface area is 283 Å². The van der Waals surface area contributed by atoms with Gasteiger partial charge in [0.25, 0.3) is 0 Å². The zero-order valence-electron chi connectivity index (χ0n) is 28.3. The van der Waals surface area contributed by atoms with Crippen LogP contribution >= 0.6 is 23.2 Å². The van der Waals surface area contributed by atoms with E-state index in [1.54, 1.807) is 0 Å². The lowest BCUT2D eigenvalue weighted by atomic mass is 9.41. The Bertz CT molecular complexity index is 1380. The lowest BCUT2D eigenvalue weighted by molar-refractivity contribution is -0.131. The molecule has 0 amide bonds. The number of benzene rings is 1. The molecule has 4 unspecified atom stereocenters. The number of hydrogen-bond donors (Lipinski definition) is 0. The van der Waals surface area contributed by atoms with Crippen LogP contribution in [0.5, 0.6) is 0 Å². The van der Waals surface area contributed by atoms with Crippen LogP contribution < -0.4 is 0 Å². The Hall–Kier alpha value is -1.58. The quantitative estimate of drug-likeness (QED) is 0.270. The molecule has 2 aliphatic heterocycles. The van der Waals surface area contributed by atoms with Crippen molar-refractivity contribution in [3.05, 3.63) is 59.3 Å². The molecule has 3 nitrogen and oxygen atoms in total. The standard InChI is InChI=1S/C40H55Cl2N3/c1-26(2)10-9-11-27(3)32-15-16-33-31-23-40(35-22-29(41)18-20-39(35,5)34(31)19-21-38(32,33)4)37(43-24-28-12-7-6-8-13-28)45-25-30(42)14-17-36(45)44-40/h6-8,12-14,17,25-27,29,31-35H,9-11,15-16,18-24H2,1-5H3/t27-,29+,31?,32+,33?,34?,35?,38-,39-,40-/m1/s1. The van der Waals surface area contributed by atoms with Gasteiger partial charge in [-0.3, -0.25) is 14.9 Å². The van der Waals surface area contributed by atoms with E-state index in [9.17, 15) is 0 Å². The van der Waals surface area contributed by atoms with Gasteiger partial charge in [-0.25, -0.2) is 0 Å². The summed E-state index contributed by atoms with van der Waals surface area (Å²) in [5, 5.41) is 0.944. The van der Waals surface area contributed by atoms with Crippen LogP contribution in [-0.4, -0.2) is 27.5 Å². The van der Waals surface area contributed by atoms with E-state index in [1.807, 2.05) is 6.08 Å². The van der Waals surface area contributed by atoms with Crippen molar-refractivity contribution in [2.45, 2.75) is 123 Å². The first-order valence-electron chi connectivity index (χ1n) is 18.2. The predicted octanol–water partition coefficient (Wildman–Crippen LogP) is 11.0. The fraction of sp³-hybridized carbons (Fsp3) is 0.700. The third-order valence-electron chi connectivity index (χ3n) is 14.0. The summed E-state index contributed by atoms with van der Waals surface area (Å²) in [5.41, 5.74) is 1.51. The van der Waals surface area contributed by atoms with Crippen LogP contribution in [0.4, 0.5) is 0 Å². The first-order chi connectivity index (χ1) is 21.5. The van der Waals surface area contributed by atoms with Gasteiger partial charge in [0.05, 0.1) is 11.6 Å². The molecule has 4 fully saturated rings. The van der Waals surface area contributed by atoms with E-state index >= 15 is 0 Å². The Morgan fingerprint density at radius 1 is 0.956 bits per heavy atom. The highest BCUT2D eigenvalue weighted by molar-refractivity contribution is 6.33. The highest BCUT2D eigenvalue weighted by atomic mass is 35.5. The molecule has 1 spiro atoms. The molecule has 0 bridgehead atoms. The van der Waals surface area contributed by atoms with Gasteiger partial charge in [-0.1, -0.05) is 95.8 Å². The summed E-state index contributed by atoms with van der Waals surface area (Å²) in [6.07, 6.45) is 20.3. The normalized spacial score (nSPS) is 41.9. The number of nitrogens with zero attached hydrogens (tertiary/aromatic N) is 3. The van der Waals surface area contributed by atoms with Crippen molar-refractivity contribution in [1.82, 2.24) is 4.90 Å². The van der Waals surface area contributed by atoms with Crippen molar-refractivity contribution in [2.75, 3.05) is 0 Å². The molecule has 0 N–H and O–H groups in total. The maximum atomic E-state index is 7.11. The molecule has 244 valence electrons. The summed E-state index contributed by atoms with van der Waals surface area (Å²) in [6.45, 7) is 13.3. The van der Waals surface area contributed by atoms with Crippen LogP contribution in [0.3, 0.4) is 0 Å². The number of rotatable bonds is 7. The predicted molar refractivity (Wildman–Crippen MR) is 191 cm³/mol. The van der Waals surface area contributed by atoms with Crippen molar-refractivity contribution in [3.63, 3.8) is 0 Å². The molecule has 7 rings (SSSR count). The van der Waals surface area contributed by atoms with Crippen LogP contribution in [0, 0.1) is 52.3 Å². The lowest BCUT2D eigenvalue weighted by Gasteiger charge is -2.65. The second-order valence-corrected chi connectivity index (χ2v) is 17.8. The molecule has 6 aliphatic rings. The maximum absolute atomic E-state index is 7.11. The second-order valence-electron chi connectivity index (χ2n) is 16.8. The molecule has 0 aromatic heterocycles. The van der Waals surface area contributed by atoms with Gasteiger partial charge in [-0.15, -0.1) is 11.6 Å². The van der Waals surface area contributed by atoms with E-state index in [4.69, 9.17) is 33.2 Å². The van der Waals surface area contributed by atoms with Crippen LogP contribution in [0.15, 0.2) is 63.7 Å². The first kappa shape index (κ1) is 32.0. The van der Waals surface area contributed by atoms with Gasteiger partial charge in [0.2, 0.25) is 0 Å². The number of hydrogen-bond acceptors (Lipinski definition) is 2. The van der Waals surface area contributed by atoms with Gasteiger partial charge in [0.15, 0.2) is 0 Å². The SMILES string of the molecule is CC(C)CCC[C@@H](C)[C@@H]1CCC2C3C[C@@]4(N=C5C=CC(Cl)=CN5C4=NCc4ccccc4)C4C[C@@H](Cl)CC[C@]4(C)C3CC[C@@]21C. The van der Waals surface area contributed by atoms with Gasteiger partial charge < -0.3 is 0 Å². The third-order valence-corrected chi connectivity index (χ3v) is 14.6. The fourth-order valence-electron chi connectivity index (χ4n) is 11.9. The number of fused-ring (bicyclic) bond motifs is 7. The monoisotopic (exact) mass is 647 g/mol. The zero-order chi connectivity index (χ0) is 31.6. The summed E-state index contributed by atoms with van der Waals surface area (Å²) in [7, 11) is 0. The number of amidine groups is 2. The second kappa shape index (κ2) is 12.1. The number of aliphatic imine (C=N–C) groups is 2. The number of allylic oxidation sites excluding steroid dienone is 2. The minimum atomic E-state index is -0.366. The third kappa shape index (κ3) is 5.39. The van der Waals surface area contributed by atoms with Gasteiger partial charge >= 0.3 is 0 Å². The summed E-state index contributed by atoms with van der Waals surface area (Å²) in [5.74, 6) is 7.14. The Kier molecular flexibility index (Phi) is 8.63. The van der Waals surface area contributed by atoms with Crippen molar-refractivity contribution in [3.8, 4) is 0 Å². The Balaban J connectivity index is 1.28. The van der Waals surface area contributed by atoms with Crippen molar-refractivity contribution in [2.24, 2.45) is 62.2 Å². The smallest absolute Gasteiger partial charge is 0.138 e. The van der Waals surface area contributed by atoms with Gasteiger partial charge in [-0.05, 0) is 121 Å². The van der Waals surface area contributed by atoms with Crippen LogP contribution in [0.1, 0.15) is 111 Å². The largest absolute Gasteiger partial charge is 0.286 e. The molecule has 10 atom stereocenters. The molecule has 4 saturated carbocycles. The fourth-order valence-corrected chi connectivity index (χ4v) is 12.4. The highest BCUT2D eigenvalue weighted by Crippen LogP contribution is 2.71. The molecule has 4 aliphatic carbocycles. The van der Waals surface area contributed by atoms with E-state index in [1.165, 1.54) is 56.9 Å². The first-order valence-corrected chi connectivity index (χ1v) is 19.0. The topological polar surface area (TPSA) is 28.0 Å². The molecule has 1 aromatic rings. The van der Waals surface area contributed by atoms with E-state index in [2.05, 4.69) is 82.1 Å². The van der Waals surface area contributed by atoms with Crippen molar-refractivity contribution >= 4 is 34.9 Å². The van der Waals surface area contributed by atoms with E-state index < -0.39 is 0 Å². The zero-order valence-corrected chi connectivity index (χ0v) is 29.8. The average Bonchev–Trinajstić information content (AvgIpc) is 3.52. The molecule has 45 heavy (non-hydrogen) atoms. The van der Waals surface area contributed by atoms with Gasteiger partial charge in [0, 0.05) is 11.6 Å². The van der Waals surface area contributed by atoms with Crippen LogP contribution in [-0.2, 0) is 6.54 Å². The maximum Gasteiger partial charge on any atom is 0.138 e. The van der Waals surface area contributed by atoms with E-state index in [0.29, 0.717) is 23.8 Å². The molecular weight excluding hydrogens is 593 g/mol. The summed E-state index contributed by atoms with van der Waals surface area (Å²) in [4.78, 5) is 13.6. The molecular formula is C40H55Cl2N3. The van der Waals surface area contributed by atoms with Crippen molar-refractivity contribution in [1.29, 1.82) is 0 Å².